The molecule has 0 aliphatic carbocycles. The minimum Gasteiger partial charge on any atom is -0.357 e. The highest BCUT2D eigenvalue weighted by Gasteiger charge is 2.05. The van der Waals surface area contributed by atoms with E-state index in [1.807, 2.05) is 17.8 Å². The van der Waals surface area contributed by atoms with Crippen LogP contribution in [0.3, 0.4) is 0 Å². The van der Waals surface area contributed by atoms with Gasteiger partial charge in [0.25, 0.3) is 0 Å². The molecule has 5 nitrogen and oxygen atoms in total. The molecule has 5 heteroatoms. The molecule has 124 valence electrons. The van der Waals surface area contributed by atoms with E-state index < -0.39 is 0 Å². The first-order valence-corrected chi connectivity index (χ1v) is 8.24. The van der Waals surface area contributed by atoms with Crippen molar-refractivity contribution in [2.24, 2.45) is 12.0 Å². The number of rotatable bonds is 7. The van der Waals surface area contributed by atoms with Crippen LogP contribution >= 0.6 is 0 Å². The summed E-state index contributed by atoms with van der Waals surface area (Å²) in [5.41, 5.74) is 2.48. The van der Waals surface area contributed by atoms with Crippen LogP contribution in [0, 0.1) is 0 Å². The molecule has 1 heterocycles. The molecule has 1 aromatic heterocycles. The van der Waals surface area contributed by atoms with Gasteiger partial charge in [-0.05, 0) is 30.9 Å². The van der Waals surface area contributed by atoms with Crippen LogP contribution in [0.15, 0.2) is 47.6 Å². The normalized spacial score (nSPS) is 12.9. The molecule has 2 N–H and O–H groups in total. The number of aromatic nitrogens is 2. The Morgan fingerprint density at radius 3 is 2.65 bits per heavy atom. The number of hydrogen-bond acceptors (Lipinski definition) is 2. The lowest BCUT2D eigenvalue weighted by Crippen LogP contribution is -2.38. The summed E-state index contributed by atoms with van der Waals surface area (Å²) >= 11 is 0. The van der Waals surface area contributed by atoms with E-state index in [0.29, 0.717) is 12.5 Å². The van der Waals surface area contributed by atoms with Gasteiger partial charge in [0, 0.05) is 26.3 Å². The lowest BCUT2D eigenvalue weighted by molar-refractivity contribution is 0.650. The van der Waals surface area contributed by atoms with E-state index in [4.69, 9.17) is 0 Å². The molecule has 1 unspecified atom stereocenters. The monoisotopic (exact) mass is 313 g/mol. The first-order chi connectivity index (χ1) is 11.2. The third-order valence-electron chi connectivity index (χ3n) is 3.90. The molecule has 2 rings (SSSR count). The summed E-state index contributed by atoms with van der Waals surface area (Å²) in [4.78, 5) is 4.62. The lowest BCUT2D eigenvalue weighted by atomic mass is 9.98. The third-order valence-corrected chi connectivity index (χ3v) is 3.90. The molecule has 0 aliphatic heterocycles. The van der Waals surface area contributed by atoms with Crippen molar-refractivity contribution in [3.63, 3.8) is 0 Å². The second-order valence-electron chi connectivity index (χ2n) is 5.67. The Morgan fingerprint density at radius 2 is 2.00 bits per heavy atom. The molecule has 0 spiro atoms. The number of guanidine groups is 1. The second-order valence-corrected chi connectivity index (χ2v) is 5.67. The van der Waals surface area contributed by atoms with Gasteiger partial charge in [0.1, 0.15) is 0 Å². The maximum Gasteiger partial charge on any atom is 0.191 e. The molecular weight excluding hydrogens is 286 g/mol. The predicted molar refractivity (Wildman–Crippen MR) is 95.5 cm³/mol. The van der Waals surface area contributed by atoms with Crippen LogP contribution in [-0.4, -0.2) is 28.8 Å². The Labute approximate surface area is 138 Å². The summed E-state index contributed by atoms with van der Waals surface area (Å²) in [7, 11) is 1.94. The summed E-state index contributed by atoms with van der Waals surface area (Å²) in [6.45, 7) is 6.71. The molecule has 0 aliphatic rings. The van der Waals surface area contributed by atoms with E-state index in [-0.39, 0.29) is 0 Å². The highest BCUT2D eigenvalue weighted by molar-refractivity contribution is 5.79. The van der Waals surface area contributed by atoms with Crippen molar-refractivity contribution < 1.29 is 0 Å². The fraction of sp³-hybridized carbons (Fsp3) is 0.444. The topological polar surface area (TPSA) is 54.2 Å². The third kappa shape index (κ3) is 5.43. The van der Waals surface area contributed by atoms with Crippen molar-refractivity contribution in [2.75, 3.05) is 13.1 Å². The molecule has 0 radical (unpaired) electrons. The zero-order chi connectivity index (χ0) is 16.5. The maximum atomic E-state index is 4.62. The molecule has 2 aromatic rings. The first-order valence-electron chi connectivity index (χ1n) is 8.24. The van der Waals surface area contributed by atoms with Crippen LogP contribution in [0.25, 0.3) is 0 Å². The molecule has 0 amide bonds. The van der Waals surface area contributed by atoms with E-state index in [9.17, 15) is 0 Å². The smallest absolute Gasteiger partial charge is 0.191 e. The zero-order valence-corrected chi connectivity index (χ0v) is 14.3. The minimum atomic E-state index is 0.531. The van der Waals surface area contributed by atoms with Gasteiger partial charge in [-0.2, -0.15) is 5.10 Å². The van der Waals surface area contributed by atoms with Gasteiger partial charge in [0.05, 0.1) is 12.2 Å². The average Bonchev–Trinajstić information content (AvgIpc) is 2.98. The fourth-order valence-corrected chi connectivity index (χ4v) is 2.41. The van der Waals surface area contributed by atoms with Crippen LogP contribution in [-0.2, 0) is 13.6 Å². The summed E-state index contributed by atoms with van der Waals surface area (Å²) < 4.78 is 1.85. The van der Waals surface area contributed by atoms with Crippen LogP contribution in [0.2, 0.25) is 0 Å². The number of benzene rings is 1. The SMILES string of the molecule is CCNC(=NCc1ccnn1C)NCCC(C)c1ccccc1. The van der Waals surface area contributed by atoms with Crippen LogP contribution in [0.5, 0.6) is 0 Å². The summed E-state index contributed by atoms with van der Waals surface area (Å²) in [5.74, 6) is 1.39. The van der Waals surface area contributed by atoms with Crippen molar-refractivity contribution >= 4 is 5.96 Å². The van der Waals surface area contributed by atoms with Crippen LogP contribution in [0.4, 0.5) is 0 Å². The Hall–Kier alpha value is -2.30. The lowest BCUT2D eigenvalue weighted by Gasteiger charge is -2.15. The molecular formula is C18H27N5. The Bertz CT molecular complexity index is 603. The Morgan fingerprint density at radius 1 is 1.22 bits per heavy atom. The molecule has 1 atom stereocenters. The number of aryl methyl sites for hydroxylation is 1. The zero-order valence-electron chi connectivity index (χ0n) is 14.3. The van der Waals surface area contributed by atoms with E-state index >= 15 is 0 Å². The Balaban J connectivity index is 1.83. The summed E-state index contributed by atoms with van der Waals surface area (Å²) in [5, 5.41) is 10.9. The highest BCUT2D eigenvalue weighted by Crippen LogP contribution is 2.17. The van der Waals surface area contributed by atoms with Crippen molar-refractivity contribution in [1.29, 1.82) is 0 Å². The number of hydrogen-bond donors (Lipinski definition) is 2. The largest absolute Gasteiger partial charge is 0.357 e. The van der Waals surface area contributed by atoms with Gasteiger partial charge in [-0.15, -0.1) is 0 Å². The predicted octanol–water partition coefficient (Wildman–Crippen LogP) is 2.67. The minimum absolute atomic E-state index is 0.531. The highest BCUT2D eigenvalue weighted by atomic mass is 15.3. The van der Waals surface area contributed by atoms with E-state index in [1.165, 1.54) is 5.56 Å². The van der Waals surface area contributed by atoms with Crippen LogP contribution in [0.1, 0.15) is 37.4 Å². The van der Waals surface area contributed by atoms with E-state index in [2.05, 4.69) is 64.9 Å². The van der Waals surface area contributed by atoms with Gasteiger partial charge in [-0.1, -0.05) is 37.3 Å². The standard InChI is InChI=1S/C18H27N5/c1-4-19-18(21-14-17-11-13-22-23(17)3)20-12-10-15(2)16-8-6-5-7-9-16/h5-9,11,13,15H,4,10,12,14H2,1-3H3,(H2,19,20,21). The van der Waals surface area contributed by atoms with Crippen LogP contribution < -0.4 is 10.6 Å². The van der Waals surface area contributed by atoms with Crippen molar-refractivity contribution in [3.8, 4) is 0 Å². The number of nitrogens with zero attached hydrogens (tertiary/aromatic N) is 3. The van der Waals surface area contributed by atoms with Crippen molar-refractivity contribution in [2.45, 2.75) is 32.7 Å². The second kappa shape index (κ2) is 8.98. The molecule has 0 fully saturated rings. The van der Waals surface area contributed by atoms with E-state index in [0.717, 1.165) is 31.2 Å². The molecule has 0 bridgehead atoms. The van der Waals surface area contributed by atoms with Gasteiger partial charge in [0.2, 0.25) is 0 Å². The van der Waals surface area contributed by atoms with Gasteiger partial charge in [-0.25, -0.2) is 4.99 Å². The van der Waals surface area contributed by atoms with E-state index in [1.54, 1.807) is 6.20 Å². The molecule has 23 heavy (non-hydrogen) atoms. The average molecular weight is 313 g/mol. The fourth-order valence-electron chi connectivity index (χ4n) is 2.41. The Kier molecular flexibility index (Phi) is 6.66. The van der Waals surface area contributed by atoms with Gasteiger partial charge in [0.15, 0.2) is 5.96 Å². The van der Waals surface area contributed by atoms with Crippen molar-refractivity contribution in [1.82, 2.24) is 20.4 Å². The van der Waals surface area contributed by atoms with Crippen molar-refractivity contribution in [3.05, 3.63) is 53.9 Å². The molecule has 1 aromatic carbocycles. The maximum absolute atomic E-state index is 4.62. The quantitative estimate of drug-likeness (QED) is 0.610. The number of aliphatic imine (C=N–C) groups is 1. The summed E-state index contributed by atoms with van der Waals surface area (Å²) in [6.07, 6.45) is 2.87. The van der Waals surface area contributed by atoms with Gasteiger partial charge < -0.3 is 10.6 Å². The molecule has 0 saturated heterocycles. The molecule has 0 saturated carbocycles. The summed E-state index contributed by atoms with van der Waals surface area (Å²) in [6, 6.07) is 12.6. The van der Waals surface area contributed by atoms with Gasteiger partial charge >= 0.3 is 0 Å². The number of nitrogens with one attached hydrogen (secondary N) is 2. The van der Waals surface area contributed by atoms with Gasteiger partial charge in [-0.3, -0.25) is 4.68 Å². The first kappa shape index (κ1) is 17.1.